The Morgan fingerprint density at radius 2 is 0.750 bits per heavy atom. The summed E-state index contributed by atoms with van der Waals surface area (Å²) in [6.07, 6.45) is 0. The molecule has 0 spiro atoms. The van der Waals surface area contributed by atoms with Crippen molar-refractivity contribution in [1.82, 2.24) is 0 Å². The molecule has 0 N–H and O–H groups in total. The topological polar surface area (TPSA) is 96.9 Å². The number of rotatable bonds is 0. The van der Waals surface area contributed by atoms with Crippen LogP contribution in [0.25, 0.3) is 0 Å². The molecule has 1 saturated heterocycles. The van der Waals surface area contributed by atoms with Crippen molar-refractivity contribution in [3.05, 3.63) is 0 Å². The van der Waals surface area contributed by atoms with Crippen LogP contribution in [0.3, 0.4) is 0 Å². The molecular weight excluding hydrogens is 246 g/mol. The molecule has 1 aliphatic rings. The maximum absolute atomic E-state index is 10.0. The second-order valence-corrected chi connectivity index (χ2v) is 1.27. The van der Waals surface area contributed by atoms with E-state index in [4.69, 9.17) is 0 Å². The van der Waals surface area contributed by atoms with Crippen LogP contribution >= 0.6 is 0 Å². The molecule has 0 radical (unpaired) electrons. The molecule has 12 heteroatoms. The van der Waals surface area contributed by atoms with E-state index >= 15 is 0 Å². The van der Waals surface area contributed by atoms with E-state index in [2.05, 4.69) is 13.7 Å². The second kappa shape index (κ2) is 12.3. The summed E-state index contributed by atoms with van der Waals surface area (Å²) in [5.41, 5.74) is 0. The summed E-state index contributed by atoms with van der Waals surface area (Å²) in [5, 5.41) is 30.1. The molecule has 0 unspecified atom stereocenters. The summed E-state index contributed by atoms with van der Waals surface area (Å²) in [7, 11) is -6.03. The van der Waals surface area contributed by atoms with Gasteiger partial charge in [0.05, 0.1) is 0 Å². The van der Waals surface area contributed by atoms with Gasteiger partial charge in [-0.1, -0.05) is 0 Å². The maximum atomic E-state index is 10.0. The van der Waals surface area contributed by atoms with Crippen molar-refractivity contribution in [2.45, 2.75) is 0 Å². The van der Waals surface area contributed by atoms with Gasteiger partial charge < -0.3 is 28.8 Å². The van der Waals surface area contributed by atoms with Crippen molar-refractivity contribution in [2.75, 3.05) is 0 Å². The largest absolute Gasteiger partial charge is 1.00 e. The van der Waals surface area contributed by atoms with Gasteiger partial charge in [-0.05, 0) is 0 Å². The average Bonchev–Trinajstić information content (AvgIpc) is 1.59. The van der Waals surface area contributed by atoms with E-state index in [9.17, 15) is 15.1 Å². The minimum absolute atomic E-state index is 0. The third kappa shape index (κ3) is 10.0. The van der Waals surface area contributed by atoms with E-state index in [1.165, 1.54) is 0 Å². The molecule has 0 atom stereocenters. The van der Waals surface area contributed by atoms with Gasteiger partial charge in [0.1, 0.15) is 0 Å². The Morgan fingerprint density at radius 3 is 0.917 bits per heavy atom. The Kier molecular flexibility index (Phi) is 22.7. The summed E-state index contributed by atoms with van der Waals surface area (Å²) in [4.78, 5) is 0. The molecule has 12 heavy (non-hydrogen) atoms. The normalized spacial score (nSPS) is 15.8. The van der Waals surface area contributed by atoms with Crippen molar-refractivity contribution in [2.24, 2.45) is 0 Å². The van der Waals surface area contributed by atoms with Crippen LogP contribution in [-0.4, -0.2) is 22.0 Å². The third-order valence-corrected chi connectivity index (χ3v) is 0.667. The minimum atomic E-state index is -2.01. The first kappa shape index (κ1) is 22.1. The standard InChI is InChI=1S/B3O6.3K/c4-1-7-2(5)9-3(6)8-1;;;/q-3;3*+1. The zero-order chi connectivity index (χ0) is 6.85. The summed E-state index contributed by atoms with van der Waals surface area (Å²) in [6.45, 7) is 0. The SMILES string of the molecule is [K+].[K+].[K+].[O-]B1OB([O-])OB([O-])O1. The first-order chi connectivity index (χ1) is 4.18. The van der Waals surface area contributed by atoms with Gasteiger partial charge in [0.15, 0.2) is 0 Å². The van der Waals surface area contributed by atoms with Crippen LogP contribution in [0.15, 0.2) is 0 Å². The average molecular weight is 246 g/mol. The summed E-state index contributed by atoms with van der Waals surface area (Å²) < 4.78 is 11.4. The summed E-state index contributed by atoms with van der Waals surface area (Å²) in [5.74, 6) is 0. The summed E-state index contributed by atoms with van der Waals surface area (Å²) >= 11 is 0. The quantitative estimate of drug-likeness (QED) is 0.393. The zero-order valence-corrected chi connectivity index (χ0v) is 16.6. The van der Waals surface area contributed by atoms with Gasteiger partial charge >= 0.3 is 176 Å². The van der Waals surface area contributed by atoms with E-state index in [1.807, 2.05) is 0 Å². The molecule has 1 heterocycles. The second-order valence-electron chi connectivity index (χ2n) is 1.27. The molecule has 0 aromatic carbocycles. The van der Waals surface area contributed by atoms with Crippen molar-refractivity contribution < 1.29 is 183 Å². The van der Waals surface area contributed by atoms with Crippen molar-refractivity contribution in [3.8, 4) is 0 Å². The van der Waals surface area contributed by atoms with Crippen molar-refractivity contribution in [1.29, 1.82) is 0 Å². The van der Waals surface area contributed by atoms with Crippen LogP contribution in [0.1, 0.15) is 0 Å². The monoisotopic (exact) mass is 246 g/mol. The van der Waals surface area contributed by atoms with Gasteiger partial charge in [-0.2, -0.15) is 0 Å². The van der Waals surface area contributed by atoms with Crippen molar-refractivity contribution >= 4 is 22.0 Å². The van der Waals surface area contributed by atoms with Crippen LogP contribution in [-0.2, 0) is 13.7 Å². The fraction of sp³-hybridized carbons (Fsp3) is 0. The predicted molar refractivity (Wildman–Crippen MR) is 20.5 cm³/mol. The minimum Gasteiger partial charge on any atom is -0.833 e. The van der Waals surface area contributed by atoms with Gasteiger partial charge in [0, 0.05) is 0 Å². The van der Waals surface area contributed by atoms with Gasteiger partial charge in [-0.3, -0.25) is 0 Å². The Balaban J connectivity index is -0.000000270. The Bertz CT molecular complexity index is 79.0. The van der Waals surface area contributed by atoms with Crippen LogP contribution in [0, 0.1) is 0 Å². The van der Waals surface area contributed by atoms with Crippen LogP contribution < -0.4 is 169 Å². The first-order valence-electron chi connectivity index (χ1n) is 2.12. The van der Waals surface area contributed by atoms with Crippen molar-refractivity contribution in [3.63, 3.8) is 0 Å². The van der Waals surface area contributed by atoms with Gasteiger partial charge in [0.25, 0.3) is 0 Å². The van der Waals surface area contributed by atoms with E-state index < -0.39 is 22.0 Å². The number of hydrogen-bond acceptors (Lipinski definition) is 6. The van der Waals surface area contributed by atoms with E-state index in [0.717, 1.165) is 0 Å². The molecule has 1 rings (SSSR count). The Hall–Kier alpha value is 4.86. The predicted octanol–water partition coefficient (Wildman–Crippen LogP) is -13.9. The van der Waals surface area contributed by atoms with E-state index in [1.54, 1.807) is 0 Å². The van der Waals surface area contributed by atoms with E-state index in [-0.39, 0.29) is 154 Å². The molecule has 0 amide bonds. The number of hydrogen-bond donors (Lipinski definition) is 0. The Morgan fingerprint density at radius 1 is 0.583 bits per heavy atom. The van der Waals surface area contributed by atoms with Crippen LogP contribution in [0.2, 0.25) is 0 Å². The molecule has 6 nitrogen and oxygen atoms in total. The van der Waals surface area contributed by atoms with Gasteiger partial charge in [-0.15, -0.1) is 0 Å². The fourth-order valence-corrected chi connectivity index (χ4v) is 0.368. The fourth-order valence-electron chi connectivity index (χ4n) is 0.368. The molecule has 0 aromatic heterocycles. The first-order valence-corrected chi connectivity index (χ1v) is 2.12. The molecule has 0 saturated carbocycles. The van der Waals surface area contributed by atoms with Gasteiger partial charge in [0.2, 0.25) is 0 Å². The van der Waals surface area contributed by atoms with Gasteiger partial charge in [-0.25, -0.2) is 0 Å². The summed E-state index contributed by atoms with van der Waals surface area (Å²) in [6, 6.07) is 0. The molecular formula is B3K3O6. The molecule has 0 bridgehead atoms. The molecule has 1 fully saturated rings. The smallest absolute Gasteiger partial charge is 0.833 e. The maximum Gasteiger partial charge on any atom is 1.00 e. The van der Waals surface area contributed by atoms with Crippen LogP contribution in [0.5, 0.6) is 0 Å². The van der Waals surface area contributed by atoms with Crippen LogP contribution in [0.4, 0.5) is 0 Å². The third-order valence-electron chi connectivity index (χ3n) is 0.667. The molecule has 48 valence electrons. The Labute approximate surface area is 199 Å². The molecule has 0 aromatic rings. The molecule has 1 aliphatic heterocycles. The zero-order valence-electron chi connectivity index (χ0n) is 7.18. The molecule has 0 aliphatic carbocycles. The van der Waals surface area contributed by atoms with E-state index in [0.29, 0.717) is 0 Å².